The van der Waals surface area contributed by atoms with Crippen LogP contribution in [0.5, 0.6) is 0 Å². The monoisotopic (exact) mass is 358 g/mol. The first-order chi connectivity index (χ1) is 10.4. The highest BCUT2D eigenvalue weighted by atomic mass is 35.5. The van der Waals surface area contributed by atoms with Crippen molar-refractivity contribution in [2.45, 2.75) is 11.8 Å². The van der Waals surface area contributed by atoms with Crippen LogP contribution in [0.25, 0.3) is 0 Å². The molecule has 0 aliphatic heterocycles. The molecule has 0 bridgehead atoms. The van der Waals surface area contributed by atoms with Gasteiger partial charge in [-0.1, -0.05) is 23.7 Å². The normalized spacial score (nSPS) is 13.5. The molecule has 7 heteroatoms. The number of thiophene rings is 1. The molecule has 1 heterocycles. The molecular formula is C15H19ClN2O2S2. The van der Waals surface area contributed by atoms with Gasteiger partial charge in [0.2, 0.25) is 10.0 Å². The Kier molecular flexibility index (Phi) is 6.00. The van der Waals surface area contributed by atoms with Gasteiger partial charge < -0.3 is 4.90 Å². The van der Waals surface area contributed by atoms with Crippen molar-refractivity contribution in [1.29, 1.82) is 0 Å². The Morgan fingerprint density at radius 3 is 2.68 bits per heavy atom. The Labute approximate surface area is 140 Å². The highest BCUT2D eigenvalue weighted by Gasteiger charge is 2.19. The molecule has 0 spiro atoms. The third-order valence-corrected chi connectivity index (χ3v) is 5.55. The predicted octanol–water partition coefficient (Wildman–Crippen LogP) is 3.12. The molecule has 0 amide bonds. The quantitative estimate of drug-likeness (QED) is 0.827. The zero-order valence-electron chi connectivity index (χ0n) is 12.5. The van der Waals surface area contributed by atoms with Crippen LogP contribution in [0.4, 0.5) is 0 Å². The summed E-state index contributed by atoms with van der Waals surface area (Å²) in [5.41, 5.74) is 1.79. The van der Waals surface area contributed by atoms with Crippen LogP contribution in [0, 0.1) is 0 Å². The minimum atomic E-state index is -3.40. The third kappa shape index (κ3) is 5.07. The highest BCUT2D eigenvalue weighted by molar-refractivity contribution is 7.88. The summed E-state index contributed by atoms with van der Waals surface area (Å²) in [4.78, 5) is 2.00. The molecular weight excluding hydrogens is 340 g/mol. The van der Waals surface area contributed by atoms with Crippen molar-refractivity contribution < 1.29 is 8.42 Å². The van der Waals surface area contributed by atoms with E-state index in [9.17, 15) is 8.42 Å². The van der Waals surface area contributed by atoms with E-state index in [1.165, 1.54) is 0 Å². The van der Waals surface area contributed by atoms with E-state index in [2.05, 4.69) is 4.72 Å². The van der Waals surface area contributed by atoms with Crippen molar-refractivity contribution in [3.63, 3.8) is 0 Å². The van der Waals surface area contributed by atoms with E-state index in [4.69, 9.17) is 11.6 Å². The Hall–Kier alpha value is -0.920. The Balaban J connectivity index is 2.02. The number of hydrogen-bond acceptors (Lipinski definition) is 4. The molecule has 22 heavy (non-hydrogen) atoms. The first-order valence-electron chi connectivity index (χ1n) is 6.78. The molecule has 0 saturated heterocycles. The zero-order valence-corrected chi connectivity index (χ0v) is 14.9. The molecule has 0 fully saturated rings. The number of halogens is 1. The van der Waals surface area contributed by atoms with Crippen molar-refractivity contribution in [3.8, 4) is 0 Å². The second-order valence-electron chi connectivity index (χ2n) is 5.27. The maximum absolute atomic E-state index is 12.2. The van der Waals surface area contributed by atoms with Crippen LogP contribution in [-0.4, -0.2) is 34.0 Å². The number of nitrogens with one attached hydrogen (secondary N) is 1. The molecule has 0 saturated carbocycles. The SMILES string of the molecule is CN(C)C(CNS(=O)(=O)Cc1cccc(Cl)c1)c1ccsc1. The van der Waals surface area contributed by atoms with E-state index < -0.39 is 10.0 Å². The van der Waals surface area contributed by atoms with E-state index in [0.29, 0.717) is 17.1 Å². The Bertz CT molecular complexity index is 700. The second-order valence-corrected chi connectivity index (χ2v) is 8.30. The summed E-state index contributed by atoms with van der Waals surface area (Å²) in [5.74, 6) is -0.0721. The summed E-state index contributed by atoms with van der Waals surface area (Å²) in [6, 6.07) is 8.93. The average molecular weight is 359 g/mol. The van der Waals surface area contributed by atoms with Gasteiger partial charge in [0.15, 0.2) is 0 Å². The number of hydrogen-bond donors (Lipinski definition) is 1. The van der Waals surface area contributed by atoms with Crippen LogP contribution in [0.15, 0.2) is 41.1 Å². The van der Waals surface area contributed by atoms with Crippen LogP contribution in [0.1, 0.15) is 17.2 Å². The molecule has 2 rings (SSSR count). The van der Waals surface area contributed by atoms with Gasteiger partial charge in [-0.2, -0.15) is 11.3 Å². The van der Waals surface area contributed by atoms with Gasteiger partial charge in [0.25, 0.3) is 0 Å². The maximum atomic E-state index is 12.2. The molecule has 1 atom stereocenters. The van der Waals surface area contributed by atoms with Crippen LogP contribution >= 0.6 is 22.9 Å². The fourth-order valence-corrected chi connectivity index (χ4v) is 4.22. The molecule has 0 aliphatic rings. The number of nitrogens with zero attached hydrogens (tertiary/aromatic N) is 1. The summed E-state index contributed by atoms with van der Waals surface area (Å²) in [5, 5.41) is 4.57. The van der Waals surface area contributed by atoms with E-state index in [1.54, 1.807) is 35.6 Å². The van der Waals surface area contributed by atoms with Crippen LogP contribution < -0.4 is 4.72 Å². The van der Waals surface area contributed by atoms with Gasteiger partial charge in [-0.05, 0) is 54.2 Å². The van der Waals surface area contributed by atoms with Gasteiger partial charge in [-0.25, -0.2) is 13.1 Å². The first kappa shape index (κ1) is 17.4. The fraction of sp³-hybridized carbons (Fsp3) is 0.333. The highest BCUT2D eigenvalue weighted by Crippen LogP contribution is 2.20. The van der Waals surface area contributed by atoms with Gasteiger partial charge in [0.05, 0.1) is 5.75 Å². The van der Waals surface area contributed by atoms with Gasteiger partial charge in [-0.3, -0.25) is 0 Å². The van der Waals surface area contributed by atoms with Crippen LogP contribution in [-0.2, 0) is 15.8 Å². The largest absolute Gasteiger partial charge is 0.301 e. The minimum Gasteiger partial charge on any atom is -0.301 e. The number of benzene rings is 1. The summed E-state index contributed by atoms with van der Waals surface area (Å²) >= 11 is 7.49. The topological polar surface area (TPSA) is 49.4 Å². The van der Waals surface area contributed by atoms with Crippen molar-refractivity contribution >= 4 is 33.0 Å². The molecule has 120 valence electrons. The summed E-state index contributed by atoms with van der Waals surface area (Å²) < 4.78 is 27.2. The molecule has 0 radical (unpaired) electrons. The molecule has 2 aromatic rings. The number of rotatable bonds is 7. The lowest BCUT2D eigenvalue weighted by Crippen LogP contribution is -2.35. The van der Waals surface area contributed by atoms with Crippen LogP contribution in [0.2, 0.25) is 5.02 Å². The van der Waals surface area contributed by atoms with Crippen molar-refractivity contribution in [2.24, 2.45) is 0 Å². The molecule has 1 aromatic heterocycles. The van der Waals surface area contributed by atoms with Crippen molar-refractivity contribution in [2.75, 3.05) is 20.6 Å². The standard InChI is InChI=1S/C15H19ClN2O2S2/c1-18(2)15(13-6-7-21-10-13)9-17-22(19,20)11-12-4-3-5-14(16)8-12/h3-8,10,15,17H,9,11H2,1-2H3. The maximum Gasteiger partial charge on any atom is 0.215 e. The summed E-state index contributed by atoms with van der Waals surface area (Å²) in [7, 11) is 0.473. The third-order valence-electron chi connectivity index (χ3n) is 3.29. The van der Waals surface area contributed by atoms with Gasteiger partial charge >= 0.3 is 0 Å². The van der Waals surface area contributed by atoms with E-state index in [1.807, 2.05) is 35.8 Å². The van der Waals surface area contributed by atoms with Crippen molar-refractivity contribution in [1.82, 2.24) is 9.62 Å². The molecule has 1 aromatic carbocycles. The molecule has 1 unspecified atom stereocenters. The Morgan fingerprint density at radius 2 is 2.09 bits per heavy atom. The van der Waals surface area contributed by atoms with E-state index in [-0.39, 0.29) is 11.8 Å². The predicted molar refractivity (Wildman–Crippen MR) is 92.8 cm³/mol. The van der Waals surface area contributed by atoms with Crippen LogP contribution in [0.3, 0.4) is 0 Å². The lowest BCUT2D eigenvalue weighted by molar-refractivity contribution is 0.300. The number of sulfonamides is 1. The van der Waals surface area contributed by atoms with Gasteiger partial charge in [-0.15, -0.1) is 0 Å². The lowest BCUT2D eigenvalue weighted by Gasteiger charge is -2.24. The van der Waals surface area contributed by atoms with E-state index >= 15 is 0 Å². The molecule has 4 nitrogen and oxygen atoms in total. The zero-order chi connectivity index (χ0) is 16.2. The van der Waals surface area contributed by atoms with Gasteiger partial charge in [0.1, 0.15) is 0 Å². The minimum absolute atomic E-state index is 0.0142. The molecule has 0 aliphatic carbocycles. The smallest absolute Gasteiger partial charge is 0.215 e. The van der Waals surface area contributed by atoms with Crippen molar-refractivity contribution in [3.05, 3.63) is 57.2 Å². The Morgan fingerprint density at radius 1 is 1.32 bits per heavy atom. The summed E-state index contributed by atoms with van der Waals surface area (Å²) in [6.07, 6.45) is 0. The molecule has 1 N–H and O–H groups in total. The average Bonchev–Trinajstić information content (AvgIpc) is 2.91. The van der Waals surface area contributed by atoms with Gasteiger partial charge in [0, 0.05) is 17.6 Å². The number of likely N-dealkylation sites (N-methyl/N-ethyl adjacent to an activating group) is 1. The summed E-state index contributed by atoms with van der Waals surface area (Å²) in [6.45, 7) is 0.340. The lowest BCUT2D eigenvalue weighted by atomic mass is 10.1. The van der Waals surface area contributed by atoms with E-state index in [0.717, 1.165) is 5.56 Å². The first-order valence-corrected chi connectivity index (χ1v) is 9.75. The fourth-order valence-electron chi connectivity index (χ4n) is 2.17. The second kappa shape index (κ2) is 7.57.